The van der Waals surface area contributed by atoms with Crippen molar-refractivity contribution >= 4 is 33.4 Å². The summed E-state index contributed by atoms with van der Waals surface area (Å²) in [4.78, 5) is 8.54. The molecule has 0 saturated carbocycles. The van der Waals surface area contributed by atoms with Crippen molar-refractivity contribution in [2.75, 3.05) is 0 Å². The van der Waals surface area contributed by atoms with Crippen molar-refractivity contribution in [3.8, 4) is 0 Å². The van der Waals surface area contributed by atoms with Gasteiger partial charge in [0.1, 0.15) is 0 Å². The maximum absolute atomic E-state index is 6.08. The molecule has 0 aliphatic rings. The van der Waals surface area contributed by atoms with Gasteiger partial charge in [0.25, 0.3) is 0 Å². The van der Waals surface area contributed by atoms with E-state index in [1.54, 1.807) is 18.0 Å². The molecule has 0 spiro atoms. The van der Waals surface area contributed by atoms with Crippen LogP contribution >= 0.6 is 23.1 Å². The molecule has 0 bridgehead atoms. The van der Waals surface area contributed by atoms with E-state index in [0.29, 0.717) is 21.8 Å². The van der Waals surface area contributed by atoms with Crippen LogP contribution in [-0.4, -0.2) is 15.4 Å². The maximum atomic E-state index is 6.08. The van der Waals surface area contributed by atoms with Crippen LogP contribution in [0.1, 0.15) is 60.3 Å². The number of hydrogen-bond acceptors (Lipinski definition) is 4. The fourth-order valence-electron chi connectivity index (χ4n) is 3.00. The second-order valence-electron chi connectivity index (χ2n) is 6.19. The molecule has 2 N–H and O–H groups in total. The number of thioether (sulfide) groups is 1. The van der Waals surface area contributed by atoms with E-state index in [2.05, 4.69) is 44.6 Å². The zero-order chi connectivity index (χ0) is 15.9. The van der Waals surface area contributed by atoms with Crippen LogP contribution in [0.2, 0.25) is 0 Å². The third-order valence-electron chi connectivity index (χ3n) is 4.12. The fraction of sp³-hybridized carbons (Fsp3) is 0.750. The number of aliphatic imine (C=N–C) groups is 1. The van der Waals surface area contributed by atoms with Crippen LogP contribution in [0.5, 0.6) is 0 Å². The van der Waals surface area contributed by atoms with E-state index in [9.17, 15) is 0 Å². The number of aromatic nitrogens is 1. The SMILES string of the molecule is CCCCC(C)(C)C(CC)C(C)SC(N)=Nc1nccs1. The summed E-state index contributed by atoms with van der Waals surface area (Å²) in [6, 6.07) is 0. The van der Waals surface area contributed by atoms with Crippen molar-refractivity contribution < 1.29 is 0 Å². The van der Waals surface area contributed by atoms with Gasteiger partial charge in [0, 0.05) is 16.8 Å². The largest absolute Gasteiger partial charge is 0.378 e. The summed E-state index contributed by atoms with van der Waals surface area (Å²) in [5.41, 5.74) is 6.43. The van der Waals surface area contributed by atoms with Gasteiger partial charge in [-0.15, -0.1) is 11.3 Å². The van der Waals surface area contributed by atoms with Crippen molar-refractivity contribution in [3.63, 3.8) is 0 Å². The molecule has 0 fully saturated rings. The highest BCUT2D eigenvalue weighted by Crippen LogP contribution is 2.40. The van der Waals surface area contributed by atoms with Crippen LogP contribution in [0, 0.1) is 11.3 Å². The zero-order valence-corrected chi connectivity index (χ0v) is 15.6. The first kappa shape index (κ1) is 18.5. The monoisotopic (exact) mass is 327 g/mol. The molecule has 1 rings (SSSR count). The van der Waals surface area contributed by atoms with Crippen LogP contribution in [-0.2, 0) is 0 Å². The van der Waals surface area contributed by atoms with Gasteiger partial charge in [-0.3, -0.25) is 0 Å². The van der Waals surface area contributed by atoms with E-state index in [4.69, 9.17) is 5.73 Å². The fourth-order valence-corrected chi connectivity index (χ4v) is 4.82. The summed E-state index contributed by atoms with van der Waals surface area (Å²) in [5.74, 6) is 0.638. The average Bonchev–Trinajstić information content (AvgIpc) is 2.89. The van der Waals surface area contributed by atoms with Gasteiger partial charge in [-0.2, -0.15) is 4.99 Å². The summed E-state index contributed by atoms with van der Waals surface area (Å²) in [6.45, 7) is 11.6. The maximum Gasteiger partial charge on any atom is 0.211 e. The quantitative estimate of drug-likeness (QED) is 0.510. The Labute approximate surface area is 137 Å². The lowest BCUT2D eigenvalue weighted by atomic mass is 9.72. The molecule has 5 heteroatoms. The van der Waals surface area contributed by atoms with Gasteiger partial charge in [-0.25, -0.2) is 4.98 Å². The molecule has 0 saturated heterocycles. The van der Waals surface area contributed by atoms with E-state index < -0.39 is 0 Å². The molecule has 1 heterocycles. The molecule has 2 unspecified atom stereocenters. The minimum atomic E-state index is 0.346. The van der Waals surface area contributed by atoms with Gasteiger partial charge >= 0.3 is 0 Å². The number of hydrogen-bond donors (Lipinski definition) is 1. The van der Waals surface area contributed by atoms with Crippen LogP contribution in [0.15, 0.2) is 16.6 Å². The van der Waals surface area contributed by atoms with Crippen LogP contribution in [0.4, 0.5) is 5.13 Å². The Balaban J connectivity index is 2.68. The summed E-state index contributed by atoms with van der Waals surface area (Å²) in [7, 11) is 0. The third-order valence-corrected chi connectivity index (χ3v) is 5.82. The smallest absolute Gasteiger partial charge is 0.211 e. The molecule has 0 aliphatic heterocycles. The molecule has 0 amide bonds. The normalized spacial score (nSPS) is 16.0. The van der Waals surface area contributed by atoms with Gasteiger partial charge in [-0.1, -0.05) is 65.6 Å². The lowest BCUT2D eigenvalue weighted by Crippen LogP contribution is -2.32. The molecular weight excluding hydrogens is 298 g/mol. The van der Waals surface area contributed by atoms with Crippen molar-refractivity contribution in [1.29, 1.82) is 0 Å². The molecular formula is C16H29N3S2. The number of unbranched alkanes of at least 4 members (excludes halogenated alkanes) is 1. The van der Waals surface area contributed by atoms with Crippen LogP contribution in [0.25, 0.3) is 0 Å². The first-order valence-electron chi connectivity index (χ1n) is 7.81. The van der Waals surface area contributed by atoms with E-state index in [0.717, 1.165) is 5.13 Å². The highest BCUT2D eigenvalue weighted by molar-refractivity contribution is 8.14. The third kappa shape index (κ3) is 5.99. The van der Waals surface area contributed by atoms with Crippen LogP contribution in [0.3, 0.4) is 0 Å². The van der Waals surface area contributed by atoms with E-state index >= 15 is 0 Å². The Morgan fingerprint density at radius 1 is 1.48 bits per heavy atom. The summed E-state index contributed by atoms with van der Waals surface area (Å²) < 4.78 is 0. The Morgan fingerprint density at radius 2 is 2.19 bits per heavy atom. The van der Waals surface area contributed by atoms with Crippen molar-refractivity contribution in [3.05, 3.63) is 11.6 Å². The average molecular weight is 328 g/mol. The van der Waals surface area contributed by atoms with Crippen LogP contribution < -0.4 is 5.73 Å². The number of nitrogens with zero attached hydrogens (tertiary/aromatic N) is 2. The number of thiazole rings is 1. The van der Waals surface area contributed by atoms with E-state index in [1.165, 1.54) is 37.0 Å². The molecule has 0 aromatic carbocycles. The standard InChI is InChI=1S/C16H29N3S2/c1-6-8-9-16(4,5)13(7-2)12(3)21-14(17)19-15-18-10-11-20-15/h10-13H,6-9H2,1-5H3,(H2,17,18,19). The lowest BCUT2D eigenvalue weighted by molar-refractivity contribution is 0.183. The molecule has 0 aliphatic carbocycles. The first-order chi connectivity index (χ1) is 9.90. The summed E-state index contributed by atoms with van der Waals surface area (Å²) in [6.07, 6.45) is 6.76. The second-order valence-corrected chi connectivity index (χ2v) is 8.47. The topological polar surface area (TPSA) is 51.3 Å². The highest BCUT2D eigenvalue weighted by Gasteiger charge is 2.32. The van der Waals surface area contributed by atoms with E-state index in [1.807, 2.05) is 5.38 Å². The predicted octanol–water partition coefficient (Wildman–Crippen LogP) is 5.45. The second kappa shape index (κ2) is 8.79. The van der Waals surface area contributed by atoms with Gasteiger partial charge in [0.15, 0.2) is 5.17 Å². The van der Waals surface area contributed by atoms with Crippen molar-refractivity contribution in [2.24, 2.45) is 22.1 Å². The molecule has 2 atom stereocenters. The zero-order valence-electron chi connectivity index (χ0n) is 13.9. The Kier molecular flexibility index (Phi) is 7.74. The van der Waals surface area contributed by atoms with E-state index in [-0.39, 0.29) is 0 Å². The highest BCUT2D eigenvalue weighted by atomic mass is 32.2. The van der Waals surface area contributed by atoms with Gasteiger partial charge < -0.3 is 5.73 Å². The summed E-state index contributed by atoms with van der Waals surface area (Å²) >= 11 is 3.20. The summed E-state index contributed by atoms with van der Waals surface area (Å²) in [5, 5.41) is 3.75. The first-order valence-corrected chi connectivity index (χ1v) is 9.57. The molecule has 1 aromatic heterocycles. The molecule has 0 radical (unpaired) electrons. The van der Waals surface area contributed by atoms with Gasteiger partial charge in [0.05, 0.1) is 0 Å². The lowest BCUT2D eigenvalue weighted by Gasteiger charge is -2.37. The molecule has 21 heavy (non-hydrogen) atoms. The van der Waals surface area contributed by atoms with Gasteiger partial charge in [-0.05, 0) is 17.8 Å². The Bertz CT molecular complexity index is 427. The van der Waals surface area contributed by atoms with Crippen molar-refractivity contribution in [1.82, 2.24) is 4.98 Å². The van der Waals surface area contributed by atoms with Crippen molar-refractivity contribution in [2.45, 2.75) is 65.6 Å². The molecule has 1 aromatic rings. The molecule has 120 valence electrons. The predicted molar refractivity (Wildman–Crippen MR) is 97.5 cm³/mol. The molecule has 3 nitrogen and oxygen atoms in total. The minimum absolute atomic E-state index is 0.346. The number of amidine groups is 1. The Hall–Kier alpha value is -0.550. The number of nitrogens with two attached hydrogens (primary N) is 1. The minimum Gasteiger partial charge on any atom is -0.378 e. The Morgan fingerprint density at radius 3 is 2.71 bits per heavy atom. The van der Waals surface area contributed by atoms with Gasteiger partial charge in [0.2, 0.25) is 5.13 Å². The number of rotatable bonds is 8.